The van der Waals surface area contributed by atoms with Crippen molar-refractivity contribution in [2.75, 3.05) is 32.9 Å². The van der Waals surface area contributed by atoms with E-state index in [1.165, 1.54) is 0 Å². The lowest BCUT2D eigenvalue weighted by molar-refractivity contribution is 0.0323. The third kappa shape index (κ3) is 4.26. The number of rotatable bonds is 6. The van der Waals surface area contributed by atoms with E-state index in [1.807, 2.05) is 18.2 Å². The van der Waals surface area contributed by atoms with E-state index in [-0.39, 0.29) is 6.61 Å². The maximum Gasteiger partial charge on any atom is 0.155 e. The highest BCUT2D eigenvalue weighted by molar-refractivity contribution is 6.36. The molecule has 0 atom stereocenters. The Bertz CT molecular complexity index is 666. The number of aromatic nitrogens is 3. The van der Waals surface area contributed by atoms with E-state index in [0.717, 1.165) is 37.7 Å². The second-order valence-electron chi connectivity index (χ2n) is 5.66. The number of morpholine rings is 1. The molecule has 0 aliphatic carbocycles. The first kappa shape index (κ1) is 17.6. The Kier molecular flexibility index (Phi) is 6.08. The molecule has 130 valence electrons. The molecule has 24 heavy (non-hydrogen) atoms. The molecule has 1 aliphatic heterocycles. The van der Waals surface area contributed by atoms with Gasteiger partial charge in [0, 0.05) is 29.6 Å². The second kappa shape index (κ2) is 8.27. The Labute approximate surface area is 151 Å². The third-order valence-electron chi connectivity index (χ3n) is 3.97. The lowest BCUT2D eigenvalue weighted by Gasteiger charge is -2.25. The summed E-state index contributed by atoms with van der Waals surface area (Å²) in [7, 11) is 0. The predicted molar refractivity (Wildman–Crippen MR) is 92.5 cm³/mol. The van der Waals surface area contributed by atoms with Crippen LogP contribution in [0.3, 0.4) is 0 Å². The number of benzene rings is 1. The number of hydrogen-bond donors (Lipinski definition) is 1. The van der Waals surface area contributed by atoms with E-state index in [2.05, 4.69) is 15.0 Å². The standard InChI is InChI=1S/C16H20Cl2N4O2/c17-13-2-1-3-14(18)12(13)10-15-19-16(22(20-15)4-7-23)11-21-5-8-24-9-6-21/h1-3,23H,4-11H2. The van der Waals surface area contributed by atoms with Crippen LogP contribution in [0.2, 0.25) is 10.0 Å². The largest absolute Gasteiger partial charge is 0.394 e. The summed E-state index contributed by atoms with van der Waals surface area (Å²) in [5, 5.41) is 15.0. The van der Waals surface area contributed by atoms with Gasteiger partial charge in [0.2, 0.25) is 0 Å². The topological polar surface area (TPSA) is 63.4 Å². The van der Waals surface area contributed by atoms with E-state index in [0.29, 0.717) is 35.4 Å². The smallest absolute Gasteiger partial charge is 0.155 e. The summed E-state index contributed by atoms with van der Waals surface area (Å²) < 4.78 is 7.13. The predicted octanol–water partition coefficient (Wildman–Crippen LogP) is 2.00. The van der Waals surface area contributed by atoms with Gasteiger partial charge in [-0.3, -0.25) is 4.90 Å². The molecule has 8 heteroatoms. The molecular weight excluding hydrogens is 351 g/mol. The van der Waals surface area contributed by atoms with Gasteiger partial charge in [0.1, 0.15) is 5.82 Å². The number of aliphatic hydroxyl groups is 1. The fourth-order valence-corrected chi connectivity index (χ4v) is 3.24. The summed E-state index contributed by atoms with van der Waals surface area (Å²) >= 11 is 12.5. The Morgan fingerprint density at radius 3 is 2.54 bits per heavy atom. The van der Waals surface area contributed by atoms with Crippen LogP contribution in [0, 0.1) is 0 Å². The molecule has 1 aromatic heterocycles. The summed E-state index contributed by atoms with van der Waals surface area (Å²) in [6.07, 6.45) is 0.465. The van der Waals surface area contributed by atoms with Crippen molar-refractivity contribution in [1.82, 2.24) is 19.7 Å². The molecule has 2 heterocycles. The molecule has 0 radical (unpaired) electrons. The van der Waals surface area contributed by atoms with Crippen LogP contribution in [0.15, 0.2) is 18.2 Å². The van der Waals surface area contributed by atoms with Gasteiger partial charge in [0.25, 0.3) is 0 Å². The highest BCUT2D eigenvalue weighted by atomic mass is 35.5. The van der Waals surface area contributed by atoms with Crippen molar-refractivity contribution in [3.8, 4) is 0 Å². The first-order valence-corrected chi connectivity index (χ1v) is 8.69. The van der Waals surface area contributed by atoms with Crippen LogP contribution in [0.25, 0.3) is 0 Å². The highest BCUT2D eigenvalue weighted by Gasteiger charge is 2.17. The van der Waals surface area contributed by atoms with Crippen molar-refractivity contribution in [3.05, 3.63) is 45.5 Å². The molecule has 1 saturated heterocycles. The molecule has 1 N–H and O–H groups in total. The SMILES string of the molecule is OCCn1nc(Cc2c(Cl)cccc2Cl)nc1CN1CCOCC1. The van der Waals surface area contributed by atoms with Gasteiger partial charge < -0.3 is 9.84 Å². The van der Waals surface area contributed by atoms with Gasteiger partial charge in [-0.2, -0.15) is 5.10 Å². The molecule has 0 bridgehead atoms. The molecule has 1 aromatic carbocycles. The Morgan fingerprint density at radius 1 is 1.17 bits per heavy atom. The van der Waals surface area contributed by atoms with Gasteiger partial charge >= 0.3 is 0 Å². The minimum absolute atomic E-state index is 0.0196. The van der Waals surface area contributed by atoms with Crippen molar-refractivity contribution >= 4 is 23.2 Å². The Balaban J connectivity index is 1.79. The van der Waals surface area contributed by atoms with E-state index in [1.54, 1.807) is 4.68 Å². The first-order chi connectivity index (χ1) is 11.7. The van der Waals surface area contributed by atoms with Gasteiger partial charge in [-0.05, 0) is 17.7 Å². The quantitative estimate of drug-likeness (QED) is 0.842. The minimum Gasteiger partial charge on any atom is -0.394 e. The number of hydrogen-bond acceptors (Lipinski definition) is 5. The van der Waals surface area contributed by atoms with Crippen molar-refractivity contribution < 1.29 is 9.84 Å². The lowest BCUT2D eigenvalue weighted by atomic mass is 10.1. The fraction of sp³-hybridized carbons (Fsp3) is 0.500. The van der Waals surface area contributed by atoms with Gasteiger partial charge in [0.15, 0.2) is 5.82 Å². The Hall–Kier alpha value is -1.18. The van der Waals surface area contributed by atoms with Crippen molar-refractivity contribution in [1.29, 1.82) is 0 Å². The molecule has 0 spiro atoms. The maximum atomic E-state index is 9.27. The zero-order chi connectivity index (χ0) is 16.9. The fourth-order valence-electron chi connectivity index (χ4n) is 2.71. The average Bonchev–Trinajstić information content (AvgIpc) is 2.94. The van der Waals surface area contributed by atoms with E-state index >= 15 is 0 Å². The van der Waals surface area contributed by atoms with Crippen LogP contribution < -0.4 is 0 Å². The molecule has 1 fully saturated rings. The van der Waals surface area contributed by atoms with Gasteiger partial charge in [-0.1, -0.05) is 29.3 Å². The first-order valence-electron chi connectivity index (χ1n) is 7.94. The summed E-state index contributed by atoms with van der Waals surface area (Å²) in [4.78, 5) is 6.91. The highest BCUT2D eigenvalue weighted by Crippen LogP contribution is 2.26. The zero-order valence-electron chi connectivity index (χ0n) is 13.3. The number of halogens is 2. The second-order valence-corrected chi connectivity index (χ2v) is 6.47. The van der Waals surface area contributed by atoms with Gasteiger partial charge in [-0.25, -0.2) is 9.67 Å². The number of ether oxygens (including phenoxy) is 1. The molecule has 6 nitrogen and oxygen atoms in total. The molecule has 3 rings (SSSR count). The molecule has 0 amide bonds. The zero-order valence-corrected chi connectivity index (χ0v) is 14.8. The van der Waals surface area contributed by atoms with E-state index < -0.39 is 0 Å². The number of nitrogens with zero attached hydrogens (tertiary/aromatic N) is 4. The average molecular weight is 371 g/mol. The normalized spacial score (nSPS) is 15.8. The van der Waals surface area contributed by atoms with Gasteiger partial charge in [-0.15, -0.1) is 0 Å². The monoisotopic (exact) mass is 370 g/mol. The minimum atomic E-state index is 0.0196. The van der Waals surface area contributed by atoms with E-state index in [9.17, 15) is 5.11 Å². The maximum absolute atomic E-state index is 9.27. The van der Waals surface area contributed by atoms with Gasteiger partial charge in [0.05, 0.1) is 32.9 Å². The molecule has 0 unspecified atom stereocenters. The van der Waals surface area contributed by atoms with Crippen molar-refractivity contribution in [2.24, 2.45) is 0 Å². The van der Waals surface area contributed by atoms with Crippen LogP contribution in [0.4, 0.5) is 0 Å². The van der Waals surface area contributed by atoms with Crippen LogP contribution in [-0.2, 0) is 24.2 Å². The van der Waals surface area contributed by atoms with Crippen molar-refractivity contribution in [2.45, 2.75) is 19.5 Å². The van der Waals surface area contributed by atoms with Crippen LogP contribution in [0.1, 0.15) is 17.2 Å². The third-order valence-corrected chi connectivity index (χ3v) is 4.68. The lowest BCUT2D eigenvalue weighted by Crippen LogP contribution is -2.36. The van der Waals surface area contributed by atoms with Crippen LogP contribution in [0.5, 0.6) is 0 Å². The number of aliphatic hydroxyl groups excluding tert-OH is 1. The molecule has 2 aromatic rings. The molecular formula is C16H20Cl2N4O2. The summed E-state index contributed by atoms with van der Waals surface area (Å²) in [5.74, 6) is 1.49. The van der Waals surface area contributed by atoms with Crippen molar-refractivity contribution in [3.63, 3.8) is 0 Å². The summed E-state index contributed by atoms with van der Waals surface area (Å²) in [5.41, 5.74) is 0.819. The molecule has 1 aliphatic rings. The van der Waals surface area contributed by atoms with Crippen LogP contribution >= 0.6 is 23.2 Å². The Morgan fingerprint density at radius 2 is 1.88 bits per heavy atom. The van der Waals surface area contributed by atoms with E-state index in [4.69, 9.17) is 27.9 Å². The molecule has 0 saturated carbocycles. The van der Waals surface area contributed by atoms with Crippen LogP contribution in [-0.4, -0.2) is 57.7 Å². The summed E-state index contributed by atoms with van der Waals surface area (Å²) in [6, 6.07) is 5.43. The summed E-state index contributed by atoms with van der Waals surface area (Å²) in [6.45, 7) is 4.34.